The molecule has 0 aromatic carbocycles. The summed E-state index contributed by atoms with van der Waals surface area (Å²) < 4.78 is 0. The second-order valence-electron chi connectivity index (χ2n) is 1.63. The van der Waals surface area contributed by atoms with E-state index in [2.05, 4.69) is 6.58 Å². The minimum atomic E-state index is -0.669. The van der Waals surface area contributed by atoms with Crippen molar-refractivity contribution in [2.24, 2.45) is 11.5 Å². The van der Waals surface area contributed by atoms with Gasteiger partial charge in [-0.25, -0.2) is 0 Å². The predicted octanol–water partition coefficient (Wildman–Crippen LogP) is -1.58. The van der Waals surface area contributed by atoms with Gasteiger partial charge >= 0.3 is 29.6 Å². The van der Waals surface area contributed by atoms with E-state index in [1.807, 2.05) is 0 Å². The summed E-state index contributed by atoms with van der Waals surface area (Å²) in [6, 6.07) is 0. The first-order chi connectivity index (χ1) is 4.54. The summed E-state index contributed by atoms with van der Waals surface area (Å²) in [5, 5.41) is 0. The molecule has 2 amide bonds. The van der Waals surface area contributed by atoms with Gasteiger partial charge in [-0.3, -0.25) is 9.59 Å². The minimum absolute atomic E-state index is 0. The summed E-state index contributed by atoms with van der Waals surface area (Å²) >= 11 is 0. The van der Waals surface area contributed by atoms with E-state index in [9.17, 15) is 9.59 Å². The first-order valence-corrected chi connectivity index (χ1v) is 2.50. The average Bonchev–Trinajstić information content (AvgIpc) is 1.82. The third kappa shape index (κ3) is 7.32. The second kappa shape index (κ2) is 6.15. The van der Waals surface area contributed by atoms with E-state index in [1.165, 1.54) is 6.08 Å². The van der Waals surface area contributed by atoms with Crippen LogP contribution in [0.3, 0.4) is 0 Å². The summed E-state index contributed by atoms with van der Waals surface area (Å²) in [5.74, 6) is -1.31. The topological polar surface area (TPSA) is 86.2 Å². The Labute approximate surface area is 86.6 Å². The second-order valence-corrected chi connectivity index (χ2v) is 1.63. The number of carbonyl (C=O) groups excluding carboxylic acids is 2. The molecule has 0 aromatic rings. The first kappa shape index (κ1) is 13.0. The molecule has 0 bridgehead atoms. The first-order valence-electron chi connectivity index (χ1n) is 2.50. The Hall–Kier alpha value is -0.580. The Bertz CT molecular complexity index is 211. The van der Waals surface area contributed by atoms with Crippen LogP contribution in [-0.2, 0) is 9.59 Å². The molecule has 0 fully saturated rings. The average molecular weight is 164 g/mol. The van der Waals surface area contributed by atoms with E-state index in [0.717, 1.165) is 6.08 Å². The number of hydrogen-bond acceptors (Lipinski definition) is 2. The number of nitrogens with two attached hydrogens (primary N) is 2. The van der Waals surface area contributed by atoms with Crippen LogP contribution in [0.1, 0.15) is 0 Å². The van der Waals surface area contributed by atoms with Gasteiger partial charge in [-0.15, -0.1) is 0 Å². The molecule has 0 saturated heterocycles. The van der Waals surface area contributed by atoms with E-state index in [4.69, 9.17) is 11.5 Å². The van der Waals surface area contributed by atoms with Crippen molar-refractivity contribution in [3.05, 3.63) is 24.3 Å². The predicted molar refractivity (Wildman–Crippen MR) is 43.8 cm³/mol. The Balaban J connectivity index is 0. The fraction of sp³-hybridized carbons (Fsp3) is 0. The van der Waals surface area contributed by atoms with Crippen LogP contribution in [0.2, 0.25) is 0 Å². The fourth-order valence-corrected chi connectivity index (χ4v) is 0.265. The van der Waals surface area contributed by atoms with Crippen molar-refractivity contribution in [2.45, 2.75) is 0 Å². The Kier molecular flexibility index (Phi) is 7.29. The zero-order valence-electron chi connectivity index (χ0n) is 5.33. The van der Waals surface area contributed by atoms with E-state index in [1.54, 1.807) is 0 Å². The molecular weight excluding hydrogens is 155 g/mol. The van der Waals surface area contributed by atoms with Gasteiger partial charge in [0.2, 0.25) is 11.8 Å². The number of hydrogen-bond donors (Lipinski definition) is 2. The van der Waals surface area contributed by atoms with Gasteiger partial charge in [-0.2, -0.15) is 0 Å². The number of carbonyl (C=O) groups is 2. The molecule has 4 N–H and O–H groups in total. The molecule has 5 heteroatoms. The van der Waals surface area contributed by atoms with Crippen LogP contribution in [0.25, 0.3) is 0 Å². The third-order valence-electron chi connectivity index (χ3n) is 0.765. The molecule has 0 aliphatic rings. The molecule has 0 rings (SSSR count). The van der Waals surface area contributed by atoms with Crippen LogP contribution in [0, 0.1) is 0 Å². The van der Waals surface area contributed by atoms with E-state index < -0.39 is 11.8 Å². The molecule has 0 saturated carbocycles. The number of rotatable bonds is 3. The molecule has 4 nitrogen and oxygen atoms in total. The Morgan fingerprint density at radius 1 is 1.18 bits per heavy atom. The molecule has 0 spiro atoms. The molecule has 0 radical (unpaired) electrons. The van der Waals surface area contributed by atoms with Crippen molar-refractivity contribution in [1.29, 1.82) is 0 Å². The van der Waals surface area contributed by atoms with Gasteiger partial charge in [0.25, 0.3) is 0 Å². The molecule has 11 heavy (non-hydrogen) atoms. The fourth-order valence-electron chi connectivity index (χ4n) is 0.265. The van der Waals surface area contributed by atoms with Crippen molar-refractivity contribution >= 4 is 41.4 Å². The van der Waals surface area contributed by atoms with Gasteiger partial charge < -0.3 is 11.5 Å². The molecule has 0 aliphatic heterocycles. The van der Waals surface area contributed by atoms with Crippen LogP contribution in [0.5, 0.6) is 0 Å². The quantitative estimate of drug-likeness (QED) is 0.299. The molecule has 0 aliphatic carbocycles. The van der Waals surface area contributed by atoms with Crippen molar-refractivity contribution in [3.8, 4) is 0 Å². The Morgan fingerprint density at radius 2 is 1.64 bits per heavy atom. The van der Waals surface area contributed by atoms with Gasteiger partial charge in [0, 0.05) is 11.6 Å². The van der Waals surface area contributed by atoms with Crippen molar-refractivity contribution in [3.63, 3.8) is 0 Å². The summed E-state index contributed by atoms with van der Waals surface area (Å²) in [6.45, 7) is 3.26. The zero-order valence-corrected chi connectivity index (χ0v) is 5.33. The zero-order chi connectivity index (χ0) is 8.15. The summed E-state index contributed by atoms with van der Waals surface area (Å²) in [6.07, 6.45) is 2.19. The van der Waals surface area contributed by atoms with Gasteiger partial charge in [-0.1, -0.05) is 6.58 Å². The summed E-state index contributed by atoms with van der Waals surface area (Å²) in [7, 11) is 0. The summed E-state index contributed by atoms with van der Waals surface area (Å²) in [4.78, 5) is 20.3. The van der Waals surface area contributed by atoms with Gasteiger partial charge in [0.05, 0.1) is 0 Å². The number of amides is 2. The monoisotopic (exact) mass is 164 g/mol. The molecule has 0 unspecified atom stereocenters. The molecular formula is C6H9N2NaO2. The maximum absolute atomic E-state index is 10.2. The molecule has 0 atom stereocenters. The van der Waals surface area contributed by atoms with Crippen LogP contribution in [0.15, 0.2) is 24.3 Å². The van der Waals surface area contributed by atoms with Crippen molar-refractivity contribution < 1.29 is 9.59 Å². The molecule has 0 heterocycles. The Morgan fingerprint density at radius 3 is 1.91 bits per heavy atom. The van der Waals surface area contributed by atoms with Crippen molar-refractivity contribution in [1.82, 2.24) is 0 Å². The van der Waals surface area contributed by atoms with Crippen LogP contribution < -0.4 is 11.5 Å². The van der Waals surface area contributed by atoms with E-state index in [-0.39, 0.29) is 35.1 Å². The van der Waals surface area contributed by atoms with E-state index >= 15 is 0 Å². The van der Waals surface area contributed by atoms with Crippen LogP contribution in [0.4, 0.5) is 0 Å². The van der Waals surface area contributed by atoms with Gasteiger partial charge in [-0.05, 0) is 6.08 Å². The summed E-state index contributed by atoms with van der Waals surface area (Å²) in [5.41, 5.74) is 9.56. The number of primary amides is 2. The SMILES string of the molecule is C=C(C=CC(N)=O)C(N)=O.[NaH]. The third-order valence-corrected chi connectivity index (χ3v) is 0.765. The van der Waals surface area contributed by atoms with Gasteiger partial charge in [0.15, 0.2) is 0 Å². The van der Waals surface area contributed by atoms with Crippen LogP contribution >= 0.6 is 0 Å². The van der Waals surface area contributed by atoms with Crippen LogP contribution in [-0.4, -0.2) is 41.4 Å². The molecule has 56 valence electrons. The normalized spacial score (nSPS) is 8.73. The van der Waals surface area contributed by atoms with Gasteiger partial charge in [0.1, 0.15) is 0 Å². The van der Waals surface area contributed by atoms with E-state index in [0.29, 0.717) is 0 Å². The standard InChI is InChI=1S/C6H8N2O2.Na.H/c1-4(6(8)10)2-3-5(7)9;;/h2-3H,1H2,(H2,7,9)(H2,8,10);;. The maximum atomic E-state index is 10.2. The van der Waals surface area contributed by atoms with Crippen molar-refractivity contribution in [2.75, 3.05) is 0 Å². The molecule has 0 aromatic heterocycles.